The molecule has 0 heterocycles. The molecular formula is C7H13KO6. The molecule has 2 N–H and O–H groups in total. The summed E-state index contributed by atoms with van der Waals surface area (Å²) in [7, 11) is 0. The first-order chi connectivity index (χ1) is 6.10. The van der Waals surface area contributed by atoms with Crippen molar-refractivity contribution in [3.63, 3.8) is 0 Å². The second-order valence-electron chi connectivity index (χ2n) is 2.30. The molecule has 0 fully saturated rings. The van der Waals surface area contributed by atoms with Crippen LogP contribution in [0, 0.1) is 0 Å². The van der Waals surface area contributed by atoms with Gasteiger partial charge >= 0.3 is 63.3 Å². The number of aliphatic hydroxyl groups excluding tert-OH is 2. The van der Waals surface area contributed by atoms with Gasteiger partial charge < -0.3 is 19.7 Å². The fraction of sp³-hybridized carbons (Fsp3) is 0.714. The maximum absolute atomic E-state index is 10.5. The normalized spacial score (nSPS) is 11.1. The Morgan fingerprint density at radius 1 is 1.21 bits per heavy atom. The van der Waals surface area contributed by atoms with Crippen molar-refractivity contribution in [1.29, 1.82) is 0 Å². The maximum atomic E-state index is 10.5. The first-order valence-electron chi connectivity index (χ1n) is 3.67. The Morgan fingerprint density at radius 2 is 1.71 bits per heavy atom. The van der Waals surface area contributed by atoms with Crippen LogP contribution in [0.3, 0.4) is 0 Å². The molecule has 6 nitrogen and oxygen atoms in total. The number of ether oxygens (including phenoxy) is 2. The SMILES string of the molecule is CC(COC(=O)CO)OC(=O)CO.[KH]. The van der Waals surface area contributed by atoms with E-state index < -0.39 is 31.3 Å². The van der Waals surface area contributed by atoms with E-state index in [-0.39, 0.29) is 58.0 Å². The summed E-state index contributed by atoms with van der Waals surface area (Å²) >= 11 is 0. The molecule has 0 radical (unpaired) electrons. The summed E-state index contributed by atoms with van der Waals surface area (Å²) in [6.07, 6.45) is -0.629. The van der Waals surface area contributed by atoms with Gasteiger partial charge in [0.1, 0.15) is 25.9 Å². The average Bonchev–Trinajstić information content (AvgIpc) is 2.13. The van der Waals surface area contributed by atoms with Crippen LogP contribution in [0.4, 0.5) is 0 Å². The summed E-state index contributed by atoms with van der Waals surface area (Å²) in [5.41, 5.74) is 0. The van der Waals surface area contributed by atoms with E-state index in [0.717, 1.165) is 0 Å². The zero-order chi connectivity index (χ0) is 10.3. The molecule has 0 bridgehead atoms. The third-order valence-electron chi connectivity index (χ3n) is 1.07. The van der Waals surface area contributed by atoms with Gasteiger partial charge in [-0.05, 0) is 6.92 Å². The van der Waals surface area contributed by atoms with Gasteiger partial charge in [0, 0.05) is 0 Å². The van der Waals surface area contributed by atoms with Crippen molar-refractivity contribution in [2.24, 2.45) is 0 Å². The Hall–Kier alpha value is 0.496. The van der Waals surface area contributed by atoms with E-state index in [0.29, 0.717) is 0 Å². The van der Waals surface area contributed by atoms with Crippen molar-refractivity contribution in [2.75, 3.05) is 19.8 Å². The van der Waals surface area contributed by atoms with E-state index in [9.17, 15) is 9.59 Å². The van der Waals surface area contributed by atoms with Crippen LogP contribution < -0.4 is 0 Å². The monoisotopic (exact) mass is 232 g/mol. The molecule has 0 amide bonds. The summed E-state index contributed by atoms with van der Waals surface area (Å²) in [5, 5.41) is 16.5. The molecule has 14 heavy (non-hydrogen) atoms. The van der Waals surface area contributed by atoms with Crippen LogP contribution in [0.5, 0.6) is 0 Å². The Balaban J connectivity index is 0. The molecule has 0 aromatic rings. The van der Waals surface area contributed by atoms with Gasteiger partial charge in [-0.15, -0.1) is 0 Å². The molecule has 1 atom stereocenters. The molecule has 0 aliphatic heterocycles. The summed E-state index contributed by atoms with van der Waals surface area (Å²) in [6.45, 7) is -0.0533. The topological polar surface area (TPSA) is 93.1 Å². The number of esters is 2. The quantitative estimate of drug-likeness (QED) is 0.413. The fourth-order valence-corrected chi connectivity index (χ4v) is 0.552. The second-order valence-corrected chi connectivity index (χ2v) is 2.30. The number of hydrogen-bond donors (Lipinski definition) is 2. The van der Waals surface area contributed by atoms with Gasteiger partial charge in [0.05, 0.1) is 0 Å². The van der Waals surface area contributed by atoms with Crippen LogP contribution in [0.15, 0.2) is 0 Å². The molecule has 7 heteroatoms. The van der Waals surface area contributed by atoms with Crippen molar-refractivity contribution < 1.29 is 29.3 Å². The molecule has 0 aliphatic carbocycles. The number of carbonyl (C=O) groups excluding carboxylic acids is 2. The fourth-order valence-electron chi connectivity index (χ4n) is 0.552. The molecule has 0 aromatic carbocycles. The second kappa shape index (κ2) is 10.0. The van der Waals surface area contributed by atoms with E-state index >= 15 is 0 Å². The molecule has 0 spiro atoms. The zero-order valence-electron chi connectivity index (χ0n) is 7.23. The van der Waals surface area contributed by atoms with Gasteiger partial charge in [-0.2, -0.15) is 0 Å². The van der Waals surface area contributed by atoms with Crippen molar-refractivity contribution in [2.45, 2.75) is 13.0 Å². The van der Waals surface area contributed by atoms with Crippen LogP contribution >= 0.6 is 0 Å². The van der Waals surface area contributed by atoms with Gasteiger partial charge in [0.25, 0.3) is 0 Å². The predicted octanol–water partition coefficient (Wildman–Crippen LogP) is -2.20. The summed E-state index contributed by atoms with van der Waals surface area (Å²) in [4.78, 5) is 20.9. The first-order valence-corrected chi connectivity index (χ1v) is 3.67. The molecule has 0 saturated carbocycles. The van der Waals surface area contributed by atoms with Crippen LogP contribution in [-0.4, -0.2) is 99.5 Å². The minimum atomic E-state index is -0.785. The summed E-state index contributed by atoms with van der Waals surface area (Å²) in [6, 6.07) is 0. The zero-order valence-corrected chi connectivity index (χ0v) is 7.23. The Kier molecular flexibility index (Phi) is 12.1. The summed E-state index contributed by atoms with van der Waals surface area (Å²) < 4.78 is 9.00. The standard InChI is InChI=1S/C7H12O6.K.H/c1-5(13-7(11)3-9)4-12-6(10)2-8;;/h5,8-9H,2-4H2,1H3;;. The van der Waals surface area contributed by atoms with Gasteiger partial charge in [-0.3, -0.25) is 0 Å². The van der Waals surface area contributed by atoms with Crippen LogP contribution in [0.2, 0.25) is 0 Å². The Morgan fingerprint density at radius 3 is 2.14 bits per heavy atom. The van der Waals surface area contributed by atoms with E-state index in [1.54, 1.807) is 0 Å². The molecule has 1 unspecified atom stereocenters. The van der Waals surface area contributed by atoms with E-state index in [2.05, 4.69) is 9.47 Å². The predicted molar refractivity (Wildman–Crippen MR) is 47.8 cm³/mol. The van der Waals surface area contributed by atoms with E-state index in [4.69, 9.17) is 10.2 Å². The first kappa shape index (κ1) is 16.9. The van der Waals surface area contributed by atoms with Gasteiger partial charge in [0.15, 0.2) is 0 Å². The summed E-state index contributed by atoms with van der Waals surface area (Å²) in [5.74, 6) is -1.57. The number of hydrogen-bond acceptors (Lipinski definition) is 6. The van der Waals surface area contributed by atoms with E-state index in [1.807, 2.05) is 0 Å². The Labute approximate surface area is 124 Å². The average molecular weight is 232 g/mol. The third kappa shape index (κ3) is 9.07. The molecule has 0 saturated heterocycles. The van der Waals surface area contributed by atoms with Crippen molar-refractivity contribution in [3.8, 4) is 0 Å². The number of aliphatic hydroxyl groups is 2. The van der Waals surface area contributed by atoms with Crippen LogP contribution in [0.1, 0.15) is 6.92 Å². The van der Waals surface area contributed by atoms with Gasteiger partial charge in [-0.1, -0.05) is 0 Å². The van der Waals surface area contributed by atoms with E-state index in [1.165, 1.54) is 6.92 Å². The molecule has 0 aromatic heterocycles. The Bertz CT molecular complexity index is 183. The van der Waals surface area contributed by atoms with Crippen molar-refractivity contribution in [3.05, 3.63) is 0 Å². The van der Waals surface area contributed by atoms with Gasteiger partial charge in [-0.25, -0.2) is 9.59 Å². The van der Waals surface area contributed by atoms with Gasteiger partial charge in [0.2, 0.25) is 0 Å². The van der Waals surface area contributed by atoms with Crippen LogP contribution in [0.25, 0.3) is 0 Å². The van der Waals surface area contributed by atoms with Crippen LogP contribution in [-0.2, 0) is 19.1 Å². The number of rotatable bonds is 5. The minimum absolute atomic E-state index is 0. The molecule has 0 rings (SSSR count). The molecule has 0 aliphatic rings. The molecular weight excluding hydrogens is 219 g/mol. The third-order valence-corrected chi connectivity index (χ3v) is 1.07. The van der Waals surface area contributed by atoms with Crippen molar-refractivity contribution >= 4 is 63.3 Å². The van der Waals surface area contributed by atoms with Crippen molar-refractivity contribution in [1.82, 2.24) is 0 Å². The number of carbonyl (C=O) groups is 2. The molecule has 78 valence electrons.